The van der Waals surface area contributed by atoms with Gasteiger partial charge in [0.2, 0.25) is 0 Å². The molecule has 0 N–H and O–H groups in total. The summed E-state index contributed by atoms with van der Waals surface area (Å²) >= 11 is 1.82. The molecule has 2 aromatic heterocycles. The first kappa shape index (κ1) is 16.7. The van der Waals surface area contributed by atoms with E-state index in [2.05, 4.69) is 59.5 Å². The third-order valence-electron chi connectivity index (χ3n) is 5.06. The molecule has 1 fully saturated rings. The minimum Gasteiger partial charge on any atom is -0.325 e. The van der Waals surface area contributed by atoms with E-state index in [0.29, 0.717) is 12.0 Å². The molecule has 132 valence electrons. The van der Waals surface area contributed by atoms with Gasteiger partial charge in [0.05, 0.1) is 16.0 Å². The molecule has 0 amide bonds. The van der Waals surface area contributed by atoms with E-state index in [1.807, 2.05) is 17.5 Å². The highest BCUT2D eigenvalue weighted by atomic mass is 32.1. The molecular weight excluding hydrogens is 328 g/mol. The highest BCUT2D eigenvalue weighted by molar-refractivity contribution is 7.11. The Morgan fingerprint density at radius 2 is 2.12 bits per heavy atom. The van der Waals surface area contributed by atoms with Crippen molar-refractivity contribution in [1.82, 2.24) is 19.4 Å². The number of nitrogens with zero attached hydrogens (tertiary/aromatic N) is 4. The number of imidazole rings is 1. The SMILES string of the molecule is Cc1ncc(CN2CCC[C@@H](c3nc4ccccc4n3C(C)C)C2)s1. The van der Waals surface area contributed by atoms with Crippen molar-refractivity contribution < 1.29 is 0 Å². The summed E-state index contributed by atoms with van der Waals surface area (Å²) in [6, 6.07) is 8.97. The van der Waals surface area contributed by atoms with E-state index in [0.717, 1.165) is 23.6 Å². The van der Waals surface area contributed by atoms with Crippen LogP contribution < -0.4 is 0 Å². The number of fused-ring (bicyclic) bond motifs is 1. The zero-order valence-electron chi connectivity index (χ0n) is 15.3. The van der Waals surface area contributed by atoms with Crippen LogP contribution in [0.1, 0.15) is 54.4 Å². The van der Waals surface area contributed by atoms with Crippen LogP contribution in [0.25, 0.3) is 11.0 Å². The standard InChI is InChI=1S/C20H26N4S/c1-14(2)24-19-9-5-4-8-18(19)22-20(24)16-7-6-10-23(12-16)13-17-11-21-15(3)25-17/h4-5,8-9,11,14,16H,6-7,10,12-13H2,1-3H3/t16-/m1/s1. The van der Waals surface area contributed by atoms with Crippen LogP contribution in [0.3, 0.4) is 0 Å². The van der Waals surface area contributed by atoms with Gasteiger partial charge in [-0.3, -0.25) is 4.90 Å². The van der Waals surface area contributed by atoms with Crippen molar-refractivity contribution >= 4 is 22.4 Å². The summed E-state index contributed by atoms with van der Waals surface area (Å²) in [5.74, 6) is 1.78. The molecule has 4 nitrogen and oxygen atoms in total. The molecule has 0 saturated carbocycles. The van der Waals surface area contributed by atoms with E-state index in [4.69, 9.17) is 4.98 Å². The molecule has 3 heterocycles. The summed E-state index contributed by atoms with van der Waals surface area (Å²) in [5.41, 5.74) is 2.39. The normalized spacial score (nSPS) is 19.1. The van der Waals surface area contributed by atoms with Gasteiger partial charge in [-0.15, -0.1) is 11.3 Å². The van der Waals surface area contributed by atoms with E-state index in [1.165, 1.54) is 35.6 Å². The van der Waals surface area contributed by atoms with Crippen molar-refractivity contribution in [3.63, 3.8) is 0 Å². The second kappa shape index (κ2) is 6.89. The van der Waals surface area contributed by atoms with Crippen LogP contribution in [-0.4, -0.2) is 32.5 Å². The van der Waals surface area contributed by atoms with Crippen molar-refractivity contribution in [2.45, 2.75) is 52.1 Å². The Hall–Kier alpha value is -1.72. The first-order chi connectivity index (χ1) is 12.1. The second-order valence-corrected chi connectivity index (χ2v) is 8.66. The first-order valence-electron chi connectivity index (χ1n) is 9.22. The third-order valence-corrected chi connectivity index (χ3v) is 5.96. The van der Waals surface area contributed by atoms with Crippen LogP contribution in [0, 0.1) is 6.92 Å². The second-order valence-electron chi connectivity index (χ2n) is 7.34. The summed E-state index contributed by atoms with van der Waals surface area (Å²) in [6.07, 6.45) is 4.50. The quantitative estimate of drug-likeness (QED) is 0.677. The minimum atomic E-state index is 0.432. The maximum absolute atomic E-state index is 5.03. The van der Waals surface area contributed by atoms with Crippen LogP contribution in [-0.2, 0) is 6.54 Å². The molecule has 0 radical (unpaired) electrons. The van der Waals surface area contributed by atoms with Crippen LogP contribution in [0.4, 0.5) is 0 Å². The third kappa shape index (κ3) is 3.35. The van der Waals surface area contributed by atoms with Crippen LogP contribution in [0.2, 0.25) is 0 Å². The summed E-state index contributed by atoms with van der Waals surface area (Å²) in [7, 11) is 0. The lowest BCUT2D eigenvalue weighted by molar-refractivity contribution is 0.195. The number of thiazole rings is 1. The van der Waals surface area contributed by atoms with Crippen molar-refractivity contribution in [2.75, 3.05) is 13.1 Å². The average Bonchev–Trinajstić information content (AvgIpc) is 3.18. The number of benzene rings is 1. The van der Waals surface area contributed by atoms with Crippen LogP contribution in [0.15, 0.2) is 30.5 Å². The van der Waals surface area contributed by atoms with Crippen LogP contribution in [0.5, 0.6) is 0 Å². The molecule has 0 unspecified atom stereocenters. The lowest BCUT2D eigenvalue weighted by Gasteiger charge is -2.32. The fourth-order valence-corrected chi connectivity index (χ4v) is 4.84. The zero-order valence-corrected chi connectivity index (χ0v) is 16.1. The summed E-state index contributed by atoms with van der Waals surface area (Å²) in [6.45, 7) is 9.89. The summed E-state index contributed by atoms with van der Waals surface area (Å²) in [5, 5.41) is 1.16. The number of aromatic nitrogens is 3. The Bertz CT molecular complexity index is 864. The van der Waals surface area contributed by atoms with Gasteiger partial charge in [0.15, 0.2) is 0 Å². The van der Waals surface area contributed by atoms with Gasteiger partial charge in [-0.1, -0.05) is 12.1 Å². The summed E-state index contributed by atoms with van der Waals surface area (Å²) < 4.78 is 2.44. The fraction of sp³-hybridized carbons (Fsp3) is 0.500. The highest BCUT2D eigenvalue weighted by Crippen LogP contribution is 2.32. The Morgan fingerprint density at radius 1 is 1.28 bits per heavy atom. The molecule has 0 bridgehead atoms. The first-order valence-corrected chi connectivity index (χ1v) is 10.0. The van der Waals surface area contributed by atoms with Gasteiger partial charge in [0.25, 0.3) is 0 Å². The molecule has 0 aliphatic carbocycles. The topological polar surface area (TPSA) is 34.0 Å². The van der Waals surface area contributed by atoms with E-state index in [1.54, 1.807) is 0 Å². The van der Waals surface area contributed by atoms with E-state index in [9.17, 15) is 0 Å². The number of aryl methyl sites for hydroxylation is 1. The number of hydrogen-bond acceptors (Lipinski definition) is 4. The molecule has 0 spiro atoms. The lowest BCUT2D eigenvalue weighted by atomic mass is 9.97. The molecular formula is C20H26N4S. The van der Waals surface area contributed by atoms with Crippen molar-refractivity contribution in [3.05, 3.63) is 46.2 Å². The van der Waals surface area contributed by atoms with E-state index < -0.39 is 0 Å². The van der Waals surface area contributed by atoms with Gasteiger partial charge in [-0.05, 0) is 52.3 Å². The maximum Gasteiger partial charge on any atom is 0.114 e. The average molecular weight is 355 g/mol. The fourth-order valence-electron chi connectivity index (χ4n) is 4.00. The van der Waals surface area contributed by atoms with Crippen molar-refractivity contribution in [3.8, 4) is 0 Å². The molecule has 1 saturated heterocycles. The Morgan fingerprint density at radius 3 is 2.88 bits per heavy atom. The van der Waals surface area contributed by atoms with Crippen LogP contribution >= 0.6 is 11.3 Å². The molecule has 1 aliphatic rings. The maximum atomic E-state index is 5.03. The van der Waals surface area contributed by atoms with Crippen molar-refractivity contribution in [2.24, 2.45) is 0 Å². The highest BCUT2D eigenvalue weighted by Gasteiger charge is 2.27. The lowest BCUT2D eigenvalue weighted by Crippen LogP contribution is -2.34. The molecule has 3 aromatic rings. The smallest absolute Gasteiger partial charge is 0.114 e. The van der Waals surface area contributed by atoms with Gasteiger partial charge in [0, 0.05) is 36.1 Å². The molecule has 1 aromatic carbocycles. The van der Waals surface area contributed by atoms with E-state index in [-0.39, 0.29) is 0 Å². The molecule has 5 heteroatoms. The van der Waals surface area contributed by atoms with Gasteiger partial charge in [0.1, 0.15) is 5.82 Å². The van der Waals surface area contributed by atoms with Crippen molar-refractivity contribution in [1.29, 1.82) is 0 Å². The Kier molecular flexibility index (Phi) is 4.61. The molecule has 1 aliphatic heterocycles. The molecule has 25 heavy (non-hydrogen) atoms. The van der Waals surface area contributed by atoms with Gasteiger partial charge in [-0.25, -0.2) is 9.97 Å². The van der Waals surface area contributed by atoms with Gasteiger partial charge < -0.3 is 4.57 Å². The predicted molar refractivity (Wildman–Crippen MR) is 104 cm³/mol. The van der Waals surface area contributed by atoms with Gasteiger partial charge >= 0.3 is 0 Å². The monoisotopic (exact) mass is 354 g/mol. The number of piperidine rings is 1. The predicted octanol–water partition coefficient (Wildman–Crippen LogP) is 4.76. The zero-order chi connectivity index (χ0) is 17.4. The Labute approximate surface area is 153 Å². The number of rotatable bonds is 4. The van der Waals surface area contributed by atoms with E-state index >= 15 is 0 Å². The number of hydrogen-bond donors (Lipinski definition) is 0. The Balaban J connectivity index is 1.60. The summed E-state index contributed by atoms with van der Waals surface area (Å²) in [4.78, 5) is 13.4. The number of likely N-dealkylation sites (tertiary alicyclic amines) is 1. The molecule has 1 atom stereocenters. The minimum absolute atomic E-state index is 0.432. The molecule has 4 rings (SSSR count). The largest absolute Gasteiger partial charge is 0.325 e. The number of para-hydroxylation sites is 2. The van der Waals surface area contributed by atoms with Gasteiger partial charge in [-0.2, -0.15) is 0 Å².